The molecule has 0 radical (unpaired) electrons. The molecule has 1 aliphatic heterocycles. The SMILES string of the molecule is CCOC(=O)C1CCN(C(=NC)NCC2CC2)CC1.I. The van der Waals surface area contributed by atoms with Gasteiger partial charge >= 0.3 is 5.97 Å². The molecule has 2 aliphatic rings. The first-order valence-electron chi connectivity index (χ1n) is 7.36. The van der Waals surface area contributed by atoms with Crippen LogP contribution in [0.25, 0.3) is 0 Å². The van der Waals surface area contributed by atoms with Gasteiger partial charge in [-0.25, -0.2) is 0 Å². The summed E-state index contributed by atoms with van der Waals surface area (Å²) in [6.07, 6.45) is 4.41. The maximum absolute atomic E-state index is 11.7. The van der Waals surface area contributed by atoms with E-state index in [1.807, 2.05) is 14.0 Å². The van der Waals surface area contributed by atoms with Gasteiger partial charge in [0.2, 0.25) is 0 Å². The van der Waals surface area contributed by atoms with Crippen molar-refractivity contribution >= 4 is 35.9 Å². The van der Waals surface area contributed by atoms with E-state index in [0.717, 1.165) is 44.4 Å². The fourth-order valence-corrected chi connectivity index (χ4v) is 2.48. The molecule has 1 saturated heterocycles. The number of halogens is 1. The molecular formula is C14H26IN3O2. The Balaban J connectivity index is 0.00000200. The van der Waals surface area contributed by atoms with Gasteiger partial charge < -0.3 is 15.0 Å². The van der Waals surface area contributed by atoms with Gasteiger partial charge in [0.25, 0.3) is 0 Å². The number of aliphatic imine (C=N–C) groups is 1. The molecule has 0 spiro atoms. The fraction of sp³-hybridized carbons (Fsp3) is 0.857. The first kappa shape index (κ1) is 17.5. The van der Waals surface area contributed by atoms with Gasteiger partial charge in [-0.3, -0.25) is 9.79 Å². The Morgan fingerprint density at radius 1 is 1.30 bits per heavy atom. The molecule has 2 fully saturated rings. The van der Waals surface area contributed by atoms with Crippen LogP contribution in [0.1, 0.15) is 32.6 Å². The van der Waals surface area contributed by atoms with Crippen LogP contribution >= 0.6 is 24.0 Å². The predicted octanol–water partition coefficient (Wildman–Crippen LogP) is 1.86. The Hall–Kier alpha value is -0.530. The van der Waals surface area contributed by atoms with Crippen LogP contribution < -0.4 is 5.32 Å². The summed E-state index contributed by atoms with van der Waals surface area (Å²) in [5.41, 5.74) is 0. The van der Waals surface area contributed by atoms with Crippen molar-refractivity contribution in [3.8, 4) is 0 Å². The van der Waals surface area contributed by atoms with E-state index in [0.29, 0.717) is 6.61 Å². The Morgan fingerprint density at radius 2 is 1.95 bits per heavy atom. The van der Waals surface area contributed by atoms with Gasteiger partial charge in [0, 0.05) is 26.7 Å². The zero-order chi connectivity index (χ0) is 13.7. The maximum atomic E-state index is 11.7. The lowest BCUT2D eigenvalue weighted by atomic mass is 9.97. The summed E-state index contributed by atoms with van der Waals surface area (Å²) in [5, 5.41) is 3.43. The van der Waals surface area contributed by atoms with Crippen molar-refractivity contribution in [1.82, 2.24) is 10.2 Å². The summed E-state index contributed by atoms with van der Waals surface area (Å²) < 4.78 is 5.09. The highest BCUT2D eigenvalue weighted by Crippen LogP contribution is 2.27. The molecule has 0 atom stereocenters. The third kappa shape index (κ3) is 5.10. The van der Waals surface area contributed by atoms with E-state index >= 15 is 0 Å². The van der Waals surface area contributed by atoms with E-state index < -0.39 is 0 Å². The minimum absolute atomic E-state index is 0. The molecule has 0 amide bonds. The van der Waals surface area contributed by atoms with Crippen molar-refractivity contribution in [2.45, 2.75) is 32.6 Å². The van der Waals surface area contributed by atoms with Crippen LogP contribution in [0.5, 0.6) is 0 Å². The first-order chi connectivity index (χ1) is 9.24. The number of hydrogen-bond donors (Lipinski definition) is 1. The van der Waals surface area contributed by atoms with Gasteiger partial charge in [0.15, 0.2) is 5.96 Å². The molecular weight excluding hydrogens is 369 g/mol. The molecule has 1 heterocycles. The largest absolute Gasteiger partial charge is 0.466 e. The minimum Gasteiger partial charge on any atom is -0.466 e. The van der Waals surface area contributed by atoms with Crippen LogP contribution in [-0.4, -0.2) is 50.1 Å². The number of carbonyl (C=O) groups excluding carboxylic acids is 1. The Bertz CT molecular complexity index is 337. The molecule has 20 heavy (non-hydrogen) atoms. The topological polar surface area (TPSA) is 53.9 Å². The van der Waals surface area contributed by atoms with Crippen molar-refractivity contribution in [2.75, 3.05) is 33.3 Å². The molecule has 0 unspecified atom stereocenters. The van der Waals surface area contributed by atoms with Crippen LogP contribution in [0.4, 0.5) is 0 Å². The van der Waals surface area contributed by atoms with Gasteiger partial charge in [-0.15, -0.1) is 24.0 Å². The van der Waals surface area contributed by atoms with Crippen LogP contribution in [0.3, 0.4) is 0 Å². The number of ether oxygens (including phenoxy) is 1. The van der Waals surface area contributed by atoms with E-state index in [-0.39, 0.29) is 35.9 Å². The van der Waals surface area contributed by atoms with Gasteiger partial charge in [-0.2, -0.15) is 0 Å². The third-order valence-electron chi connectivity index (χ3n) is 3.87. The molecule has 5 nitrogen and oxygen atoms in total. The number of piperidine rings is 1. The summed E-state index contributed by atoms with van der Waals surface area (Å²) in [6, 6.07) is 0. The van der Waals surface area contributed by atoms with Gasteiger partial charge in [-0.05, 0) is 38.5 Å². The smallest absolute Gasteiger partial charge is 0.309 e. The van der Waals surface area contributed by atoms with E-state index in [2.05, 4.69) is 15.2 Å². The number of hydrogen-bond acceptors (Lipinski definition) is 3. The second-order valence-electron chi connectivity index (χ2n) is 5.38. The zero-order valence-electron chi connectivity index (χ0n) is 12.4. The predicted molar refractivity (Wildman–Crippen MR) is 90.4 cm³/mol. The molecule has 1 saturated carbocycles. The fourth-order valence-electron chi connectivity index (χ4n) is 2.48. The average molecular weight is 395 g/mol. The summed E-state index contributed by atoms with van der Waals surface area (Å²) in [4.78, 5) is 18.3. The lowest BCUT2D eigenvalue weighted by Gasteiger charge is -2.33. The van der Waals surface area contributed by atoms with Crippen molar-refractivity contribution in [3.05, 3.63) is 0 Å². The molecule has 0 aromatic rings. The van der Waals surface area contributed by atoms with Crippen molar-refractivity contribution in [2.24, 2.45) is 16.8 Å². The second kappa shape index (κ2) is 8.69. The third-order valence-corrected chi connectivity index (χ3v) is 3.87. The minimum atomic E-state index is -0.0388. The van der Waals surface area contributed by atoms with Crippen LogP contribution in [-0.2, 0) is 9.53 Å². The van der Waals surface area contributed by atoms with Gasteiger partial charge in [-0.1, -0.05) is 0 Å². The highest BCUT2D eigenvalue weighted by Gasteiger charge is 2.28. The second-order valence-corrected chi connectivity index (χ2v) is 5.38. The van der Waals surface area contributed by atoms with Gasteiger partial charge in [0.1, 0.15) is 0 Å². The molecule has 0 aromatic carbocycles. The standard InChI is InChI=1S/C14H25N3O2.HI/c1-3-19-13(18)12-6-8-17(9-7-12)14(15-2)16-10-11-4-5-11;/h11-12H,3-10H2,1-2H3,(H,15,16);1H. The maximum Gasteiger partial charge on any atom is 0.309 e. The van der Waals surface area contributed by atoms with E-state index in [9.17, 15) is 4.79 Å². The van der Waals surface area contributed by atoms with Crippen LogP contribution in [0.15, 0.2) is 4.99 Å². The van der Waals surface area contributed by atoms with Crippen molar-refractivity contribution in [1.29, 1.82) is 0 Å². The molecule has 1 aliphatic carbocycles. The molecule has 6 heteroatoms. The van der Waals surface area contributed by atoms with Crippen LogP contribution in [0.2, 0.25) is 0 Å². The molecule has 116 valence electrons. The highest BCUT2D eigenvalue weighted by atomic mass is 127. The number of esters is 1. The number of nitrogens with one attached hydrogen (secondary N) is 1. The average Bonchev–Trinajstić information content (AvgIpc) is 3.24. The van der Waals surface area contributed by atoms with E-state index in [1.54, 1.807) is 0 Å². The van der Waals surface area contributed by atoms with E-state index in [4.69, 9.17) is 4.74 Å². The summed E-state index contributed by atoms with van der Waals surface area (Å²) in [5.74, 6) is 1.85. The van der Waals surface area contributed by atoms with Crippen molar-refractivity contribution in [3.63, 3.8) is 0 Å². The first-order valence-corrected chi connectivity index (χ1v) is 7.36. The number of guanidine groups is 1. The summed E-state index contributed by atoms with van der Waals surface area (Å²) >= 11 is 0. The molecule has 1 N–H and O–H groups in total. The number of likely N-dealkylation sites (tertiary alicyclic amines) is 1. The lowest BCUT2D eigenvalue weighted by molar-refractivity contribution is -0.149. The normalized spacial score (nSPS) is 20.3. The quantitative estimate of drug-likeness (QED) is 0.342. The number of carbonyl (C=O) groups is 1. The highest BCUT2D eigenvalue weighted by molar-refractivity contribution is 14.0. The Kier molecular flexibility index (Phi) is 7.61. The number of nitrogens with zero attached hydrogens (tertiary/aromatic N) is 2. The van der Waals surface area contributed by atoms with Crippen molar-refractivity contribution < 1.29 is 9.53 Å². The Morgan fingerprint density at radius 3 is 2.45 bits per heavy atom. The monoisotopic (exact) mass is 395 g/mol. The molecule has 0 aromatic heterocycles. The summed E-state index contributed by atoms with van der Waals surface area (Å²) in [7, 11) is 1.83. The number of rotatable bonds is 4. The van der Waals surface area contributed by atoms with E-state index in [1.165, 1.54) is 12.8 Å². The molecule has 2 rings (SSSR count). The Labute approximate surface area is 138 Å². The molecule has 0 bridgehead atoms. The lowest BCUT2D eigenvalue weighted by Crippen LogP contribution is -2.47. The van der Waals surface area contributed by atoms with Gasteiger partial charge in [0.05, 0.1) is 12.5 Å². The van der Waals surface area contributed by atoms with Crippen LogP contribution in [0, 0.1) is 11.8 Å². The summed E-state index contributed by atoms with van der Waals surface area (Å²) in [6.45, 7) is 5.13. The zero-order valence-corrected chi connectivity index (χ0v) is 14.8.